The Kier molecular flexibility index (Phi) is 4.70. The Bertz CT molecular complexity index is 1130. The molecule has 4 aromatic rings. The third-order valence-electron chi connectivity index (χ3n) is 4.35. The van der Waals surface area contributed by atoms with Gasteiger partial charge in [-0.1, -0.05) is 41.9 Å². The number of hydrogen-bond donors (Lipinski definition) is 2. The van der Waals surface area contributed by atoms with Crippen molar-refractivity contribution < 1.29 is 4.79 Å². The summed E-state index contributed by atoms with van der Waals surface area (Å²) in [6.45, 7) is 4.11. The molecule has 0 saturated carbocycles. The molecule has 2 N–H and O–H groups in total. The predicted molar refractivity (Wildman–Crippen MR) is 106 cm³/mol. The molecular formula is C19H18ClN7O. The molecule has 4 rings (SSSR count). The second kappa shape index (κ2) is 7.32. The van der Waals surface area contributed by atoms with Crippen molar-refractivity contribution in [2.45, 2.75) is 20.5 Å². The number of aromatic amines is 1. The molecule has 0 aliphatic carbocycles. The van der Waals surface area contributed by atoms with Gasteiger partial charge in [-0.3, -0.25) is 14.6 Å². The van der Waals surface area contributed by atoms with E-state index < -0.39 is 0 Å². The Hall–Kier alpha value is -3.39. The van der Waals surface area contributed by atoms with Gasteiger partial charge in [0.2, 0.25) is 0 Å². The van der Waals surface area contributed by atoms with Crippen LogP contribution in [0.1, 0.15) is 21.9 Å². The summed E-state index contributed by atoms with van der Waals surface area (Å²) in [5, 5.41) is 19.1. The van der Waals surface area contributed by atoms with Crippen LogP contribution in [-0.4, -0.2) is 35.7 Å². The lowest BCUT2D eigenvalue weighted by Crippen LogP contribution is -2.15. The van der Waals surface area contributed by atoms with E-state index in [4.69, 9.17) is 11.6 Å². The highest BCUT2D eigenvalue weighted by molar-refractivity contribution is 6.31. The Morgan fingerprint density at radius 2 is 1.96 bits per heavy atom. The number of benzene rings is 1. The molecule has 142 valence electrons. The minimum absolute atomic E-state index is 0.289. The van der Waals surface area contributed by atoms with Gasteiger partial charge >= 0.3 is 0 Å². The number of anilines is 1. The first kappa shape index (κ1) is 18.0. The van der Waals surface area contributed by atoms with Crippen molar-refractivity contribution in [2.24, 2.45) is 0 Å². The van der Waals surface area contributed by atoms with Crippen molar-refractivity contribution in [2.75, 3.05) is 5.32 Å². The minimum atomic E-state index is -0.337. The summed E-state index contributed by atoms with van der Waals surface area (Å²) in [4.78, 5) is 12.5. The lowest BCUT2D eigenvalue weighted by atomic mass is 10.1. The van der Waals surface area contributed by atoms with Gasteiger partial charge in [-0.05, 0) is 25.5 Å². The summed E-state index contributed by atoms with van der Waals surface area (Å²) in [7, 11) is 0. The molecule has 0 spiro atoms. The highest BCUT2D eigenvalue weighted by atomic mass is 35.5. The van der Waals surface area contributed by atoms with Crippen LogP contribution in [0.25, 0.3) is 11.3 Å². The number of aryl methyl sites for hydroxylation is 1. The number of nitrogens with one attached hydrogen (secondary N) is 2. The molecule has 1 amide bonds. The molecule has 0 aliphatic heterocycles. The quantitative estimate of drug-likeness (QED) is 0.540. The van der Waals surface area contributed by atoms with Crippen molar-refractivity contribution in [1.82, 2.24) is 29.8 Å². The van der Waals surface area contributed by atoms with Crippen LogP contribution >= 0.6 is 11.6 Å². The Morgan fingerprint density at radius 1 is 1.18 bits per heavy atom. The molecule has 8 nitrogen and oxygen atoms in total. The summed E-state index contributed by atoms with van der Waals surface area (Å²) in [5.41, 5.74) is 3.71. The fourth-order valence-electron chi connectivity index (χ4n) is 2.84. The summed E-state index contributed by atoms with van der Waals surface area (Å²) in [6, 6.07) is 13.2. The van der Waals surface area contributed by atoms with E-state index in [1.54, 1.807) is 27.7 Å². The van der Waals surface area contributed by atoms with Crippen LogP contribution in [0, 0.1) is 13.8 Å². The molecule has 0 saturated heterocycles. The van der Waals surface area contributed by atoms with Gasteiger partial charge in [0.25, 0.3) is 5.91 Å². The van der Waals surface area contributed by atoms with Crippen molar-refractivity contribution in [3.8, 4) is 11.3 Å². The number of aromatic nitrogens is 6. The third-order valence-corrected chi connectivity index (χ3v) is 4.90. The highest BCUT2D eigenvalue weighted by Crippen LogP contribution is 2.20. The first-order valence-corrected chi connectivity index (χ1v) is 9.04. The van der Waals surface area contributed by atoms with E-state index >= 15 is 0 Å². The molecule has 0 unspecified atom stereocenters. The number of carbonyl (C=O) groups is 1. The van der Waals surface area contributed by atoms with Crippen LogP contribution in [0.15, 0.2) is 48.7 Å². The van der Waals surface area contributed by atoms with Gasteiger partial charge in [0.15, 0.2) is 11.5 Å². The Morgan fingerprint density at radius 3 is 2.68 bits per heavy atom. The molecule has 28 heavy (non-hydrogen) atoms. The van der Waals surface area contributed by atoms with Gasteiger partial charge in [-0.2, -0.15) is 15.3 Å². The maximum absolute atomic E-state index is 12.5. The molecule has 1 aromatic carbocycles. The minimum Gasteiger partial charge on any atom is -0.304 e. The van der Waals surface area contributed by atoms with Gasteiger partial charge in [-0.25, -0.2) is 4.68 Å². The largest absolute Gasteiger partial charge is 0.304 e. The monoisotopic (exact) mass is 395 g/mol. The maximum atomic E-state index is 12.5. The van der Waals surface area contributed by atoms with Crippen LogP contribution in [0.5, 0.6) is 0 Å². The number of amides is 1. The van der Waals surface area contributed by atoms with Crippen LogP contribution in [0.3, 0.4) is 0 Å². The molecule has 9 heteroatoms. The van der Waals surface area contributed by atoms with Gasteiger partial charge in [0.1, 0.15) is 6.67 Å². The number of carbonyl (C=O) groups excluding carboxylic acids is 1. The van der Waals surface area contributed by atoms with Crippen molar-refractivity contribution in [1.29, 1.82) is 0 Å². The molecular weight excluding hydrogens is 378 g/mol. The van der Waals surface area contributed by atoms with Crippen molar-refractivity contribution >= 4 is 23.3 Å². The van der Waals surface area contributed by atoms with Gasteiger partial charge in [0, 0.05) is 12.3 Å². The van der Waals surface area contributed by atoms with Crippen molar-refractivity contribution in [3.63, 3.8) is 0 Å². The maximum Gasteiger partial charge on any atom is 0.277 e. The predicted octanol–water partition coefficient (Wildman–Crippen LogP) is 3.50. The first-order chi connectivity index (χ1) is 13.5. The molecule has 0 radical (unpaired) electrons. The van der Waals surface area contributed by atoms with E-state index in [0.29, 0.717) is 17.5 Å². The second-order valence-corrected chi connectivity index (χ2v) is 6.73. The second-order valence-electron chi connectivity index (χ2n) is 6.35. The fourth-order valence-corrected chi connectivity index (χ4v) is 2.98. The van der Waals surface area contributed by atoms with E-state index in [1.807, 2.05) is 44.2 Å². The number of halogens is 1. The normalized spacial score (nSPS) is 11.0. The lowest BCUT2D eigenvalue weighted by Gasteiger charge is -2.04. The average Bonchev–Trinajstić information content (AvgIpc) is 3.41. The number of H-pyrrole nitrogens is 1. The van der Waals surface area contributed by atoms with E-state index in [0.717, 1.165) is 22.6 Å². The van der Waals surface area contributed by atoms with Gasteiger partial charge in [0.05, 0.1) is 22.1 Å². The van der Waals surface area contributed by atoms with Crippen LogP contribution in [0.4, 0.5) is 5.82 Å². The molecule has 0 aliphatic rings. The first-order valence-electron chi connectivity index (χ1n) is 8.66. The number of hydrogen-bond acceptors (Lipinski definition) is 4. The molecule has 0 atom stereocenters. The van der Waals surface area contributed by atoms with Crippen LogP contribution in [-0.2, 0) is 6.67 Å². The standard InChI is InChI=1S/C19H18ClN7O/c1-12-18(20)13(2)27(24-12)11-26-9-8-15(25-26)19(28)21-17-10-16(22-23-17)14-6-4-3-5-7-14/h3-10H,11H2,1-2H3,(H2,21,22,23,28). The summed E-state index contributed by atoms with van der Waals surface area (Å²) in [6.07, 6.45) is 1.72. The zero-order valence-electron chi connectivity index (χ0n) is 15.3. The van der Waals surface area contributed by atoms with E-state index in [1.165, 1.54) is 0 Å². The Balaban J connectivity index is 1.45. The summed E-state index contributed by atoms with van der Waals surface area (Å²) in [5.74, 6) is 0.0972. The highest BCUT2D eigenvalue weighted by Gasteiger charge is 2.14. The number of rotatable bonds is 5. The van der Waals surface area contributed by atoms with Gasteiger partial charge in [-0.15, -0.1) is 0 Å². The SMILES string of the molecule is Cc1nn(Cn2ccc(C(=O)Nc3cc(-c4ccccc4)[nH]n3)n2)c(C)c1Cl. The van der Waals surface area contributed by atoms with Gasteiger partial charge < -0.3 is 5.32 Å². The third kappa shape index (κ3) is 3.54. The van der Waals surface area contributed by atoms with E-state index in [9.17, 15) is 4.79 Å². The topological polar surface area (TPSA) is 93.4 Å². The van der Waals surface area contributed by atoms with Crippen LogP contribution < -0.4 is 5.32 Å². The Labute approximate surface area is 166 Å². The summed E-state index contributed by atoms with van der Waals surface area (Å²) < 4.78 is 3.37. The lowest BCUT2D eigenvalue weighted by molar-refractivity contribution is 0.102. The fraction of sp³-hybridized carbons (Fsp3) is 0.158. The molecule has 0 bridgehead atoms. The molecule has 0 fully saturated rings. The smallest absolute Gasteiger partial charge is 0.277 e. The summed E-state index contributed by atoms with van der Waals surface area (Å²) >= 11 is 6.17. The molecule has 3 aromatic heterocycles. The average molecular weight is 396 g/mol. The zero-order chi connectivity index (χ0) is 19.7. The molecule has 3 heterocycles. The van der Waals surface area contributed by atoms with Crippen molar-refractivity contribution in [3.05, 3.63) is 70.8 Å². The van der Waals surface area contributed by atoms with E-state index in [-0.39, 0.29) is 11.6 Å². The van der Waals surface area contributed by atoms with Crippen LogP contribution in [0.2, 0.25) is 5.02 Å². The van der Waals surface area contributed by atoms with E-state index in [2.05, 4.69) is 25.7 Å². The zero-order valence-corrected chi connectivity index (χ0v) is 16.1. The number of nitrogens with zero attached hydrogens (tertiary/aromatic N) is 5.